The van der Waals surface area contributed by atoms with Crippen LogP contribution < -0.4 is 10.6 Å². The molecule has 1 atom stereocenters. The minimum Gasteiger partial charge on any atom is -0.390 e. The van der Waals surface area contributed by atoms with Crippen molar-refractivity contribution in [3.63, 3.8) is 0 Å². The van der Waals surface area contributed by atoms with Gasteiger partial charge in [-0.1, -0.05) is 36.4 Å². The van der Waals surface area contributed by atoms with Gasteiger partial charge in [0.25, 0.3) is 5.91 Å². The first-order chi connectivity index (χ1) is 10.7. The van der Waals surface area contributed by atoms with E-state index in [2.05, 4.69) is 10.6 Å². The number of benzene rings is 2. The van der Waals surface area contributed by atoms with Gasteiger partial charge >= 0.3 is 0 Å². The maximum atomic E-state index is 12.2. The minimum atomic E-state index is -0.614. The summed E-state index contributed by atoms with van der Waals surface area (Å²) >= 11 is 5.55. The lowest BCUT2D eigenvalue weighted by Gasteiger charge is -2.11. The Morgan fingerprint density at radius 3 is 2.64 bits per heavy atom. The fourth-order valence-corrected chi connectivity index (χ4v) is 2.05. The van der Waals surface area contributed by atoms with Gasteiger partial charge in [-0.25, -0.2) is 0 Å². The van der Waals surface area contributed by atoms with Crippen molar-refractivity contribution in [3.8, 4) is 0 Å². The quantitative estimate of drug-likeness (QED) is 0.688. The van der Waals surface area contributed by atoms with E-state index in [4.69, 9.17) is 11.6 Å². The Bertz CT molecular complexity index is 605. The average molecular weight is 319 g/mol. The second-order valence-corrected chi connectivity index (χ2v) is 5.25. The van der Waals surface area contributed by atoms with Crippen LogP contribution in [0.4, 0.5) is 5.69 Å². The molecule has 2 aromatic rings. The van der Waals surface area contributed by atoms with Crippen molar-refractivity contribution in [3.05, 3.63) is 65.7 Å². The van der Waals surface area contributed by atoms with Gasteiger partial charge in [-0.3, -0.25) is 4.79 Å². The summed E-state index contributed by atoms with van der Waals surface area (Å²) in [5.41, 5.74) is 2.40. The molecule has 0 fully saturated rings. The Kier molecular flexibility index (Phi) is 6.25. The van der Waals surface area contributed by atoms with Crippen LogP contribution in [0.1, 0.15) is 15.9 Å². The summed E-state index contributed by atoms with van der Waals surface area (Å²) in [6.45, 7) is 0.834. The molecule has 0 heterocycles. The topological polar surface area (TPSA) is 61.4 Å². The monoisotopic (exact) mass is 318 g/mol. The molecule has 0 radical (unpaired) electrons. The van der Waals surface area contributed by atoms with Crippen LogP contribution in [0.3, 0.4) is 0 Å². The molecular weight excluding hydrogens is 300 g/mol. The molecule has 4 nitrogen and oxygen atoms in total. The highest BCUT2D eigenvalue weighted by Gasteiger charge is 2.07. The number of rotatable bonds is 7. The lowest BCUT2D eigenvalue weighted by molar-refractivity contribution is 0.0951. The zero-order chi connectivity index (χ0) is 15.8. The van der Waals surface area contributed by atoms with Crippen LogP contribution in [0.2, 0.25) is 0 Å². The van der Waals surface area contributed by atoms with Gasteiger partial charge in [0.1, 0.15) is 0 Å². The van der Waals surface area contributed by atoms with Crippen molar-refractivity contribution in [1.82, 2.24) is 5.32 Å². The first kappa shape index (κ1) is 16.3. The van der Waals surface area contributed by atoms with E-state index < -0.39 is 6.10 Å². The predicted octanol–water partition coefficient (Wildman–Crippen LogP) is 2.63. The molecule has 0 aromatic heterocycles. The normalized spacial score (nSPS) is 11.7. The molecule has 0 aliphatic carbocycles. The molecule has 116 valence electrons. The van der Waals surface area contributed by atoms with Crippen LogP contribution in [0.25, 0.3) is 0 Å². The van der Waals surface area contributed by atoms with Gasteiger partial charge < -0.3 is 15.7 Å². The summed E-state index contributed by atoms with van der Waals surface area (Å²) in [5.74, 6) is 0.0370. The molecule has 0 saturated carbocycles. The molecule has 0 saturated heterocycles. The zero-order valence-corrected chi connectivity index (χ0v) is 12.9. The smallest absolute Gasteiger partial charge is 0.251 e. The average Bonchev–Trinajstić information content (AvgIpc) is 2.58. The second kappa shape index (κ2) is 8.41. The number of anilines is 1. The molecule has 1 amide bonds. The standard InChI is InChI=1S/C17H19ClN2O2/c18-10-16(21)12-19-15-8-4-7-14(9-15)17(22)20-11-13-5-2-1-3-6-13/h1-9,16,19,21H,10-12H2,(H,20,22). The molecule has 3 N–H and O–H groups in total. The number of alkyl halides is 1. The van der Waals surface area contributed by atoms with Crippen LogP contribution in [0.15, 0.2) is 54.6 Å². The van der Waals surface area contributed by atoms with Gasteiger partial charge in [0, 0.05) is 24.3 Å². The number of hydrogen-bond acceptors (Lipinski definition) is 3. The van der Waals surface area contributed by atoms with Crippen molar-refractivity contribution in [2.45, 2.75) is 12.6 Å². The fourth-order valence-electron chi connectivity index (χ4n) is 1.94. The van der Waals surface area contributed by atoms with Gasteiger partial charge in [0.05, 0.1) is 12.0 Å². The lowest BCUT2D eigenvalue weighted by atomic mass is 10.1. The molecule has 2 rings (SSSR count). The lowest BCUT2D eigenvalue weighted by Crippen LogP contribution is -2.23. The zero-order valence-electron chi connectivity index (χ0n) is 12.1. The minimum absolute atomic E-state index is 0.134. The highest BCUT2D eigenvalue weighted by molar-refractivity contribution is 6.18. The molecule has 1 unspecified atom stereocenters. The summed E-state index contributed by atoms with van der Waals surface area (Å²) in [7, 11) is 0. The maximum absolute atomic E-state index is 12.2. The Morgan fingerprint density at radius 1 is 1.14 bits per heavy atom. The van der Waals surface area contributed by atoms with Gasteiger partial charge in [0.15, 0.2) is 0 Å². The predicted molar refractivity (Wildman–Crippen MR) is 89.3 cm³/mol. The van der Waals surface area contributed by atoms with Gasteiger partial charge in [-0.15, -0.1) is 11.6 Å². The van der Waals surface area contributed by atoms with Gasteiger partial charge in [0.2, 0.25) is 0 Å². The van der Waals surface area contributed by atoms with Gasteiger partial charge in [-0.05, 0) is 23.8 Å². The Balaban J connectivity index is 1.92. The Labute approximate surface area is 135 Å². The maximum Gasteiger partial charge on any atom is 0.251 e. The molecule has 0 aliphatic heterocycles. The third kappa shape index (κ3) is 5.06. The van der Waals surface area contributed by atoms with Gasteiger partial charge in [-0.2, -0.15) is 0 Å². The summed E-state index contributed by atoms with van der Waals surface area (Å²) in [5, 5.41) is 15.4. The number of amides is 1. The van der Waals surface area contributed by atoms with E-state index in [9.17, 15) is 9.90 Å². The van der Waals surface area contributed by atoms with E-state index >= 15 is 0 Å². The Hall–Kier alpha value is -2.04. The molecule has 2 aromatic carbocycles. The van der Waals surface area contributed by atoms with Crippen LogP contribution in [-0.2, 0) is 6.54 Å². The molecule has 0 spiro atoms. The number of aliphatic hydroxyl groups excluding tert-OH is 1. The largest absolute Gasteiger partial charge is 0.390 e. The first-order valence-electron chi connectivity index (χ1n) is 7.09. The third-order valence-electron chi connectivity index (χ3n) is 3.14. The molecular formula is C17H19ClN2O2. The number of aliphatic hydroxyl groups is 1. The number of nitrogens with one attached hydrogen (secondary N) is 2. The van der Waals surface area contributed by atoms with Crippen molar-refractivity contribution in [2.75, 3.05) is 17.7 Å². The van der Waals surface area contributed by atoms with Crippen molar-refractivity contribution < 1.29 is 9.90 Å². The van der Waals surface area contributed by atoms with E-state index in [0.717, 1.165) is 11.3 Å². The number of hydrogen-bond donors (Lipinski definition) is 3. The Morgan fingerprint density at radius 2 is 1.91 bits per heavy atom. The number of carbonyl (C=O) groups excluding carboxylic acids is 1. The second-order valence-electron chi connectivity index (χ2n) is 4.94. The van der Waals surface area contributed by atoms with Crippen LogP contribution in [0.5, 0.6) is 0 Å². The van der Waals surface area contributed by atoms with E-state index in [1.54, 1.807) is 18.2 Å². The number of halogens is 1. The van der Waals surface area contributed by atoms with Crippen LogP contribution in [-0.4, -0.2) is 29.5 Å². The van der Waals surface area contributed by atoms with Crippen molar-refractivity contribution in [1.29, 1.82) is 0 Å². The van der Waals surface area contributed by atoms with E-state index in [0.29, 0.717) is 18.7 Å². The molecule has 5 heteroatoms. The summed E-state index contributed by atoms with van der Waals surface area (Å²) < 4.78 is 0. The fraction of sp³-hybridized carbons (Fsp3) is 0.235. The van der Waals surface area contributed by atoms with Crippen LogP contribution >= 0.6 is 11.6 Å². The highest BCUT2D eigenvalue weighted by Crippen LogP contribution is 2.11. The summed E-state index contributed by atoms with van der Waals surface area (Å²) in [6, 6.07) is 16.9. The summed E-state index contributed by atoms with van der Waals surface area (Å²) in [4.78, 5) is 12.2. The van der Waals surface area contributed by atoms with Crippen molar-refractivity contribution in [2.24, 2.45) is 0 Å². The SMILES string of the molecule is O=C(NCc1ccccc1)c1cccc(NCC(O)CCl)c1. The molecule has 0 bridgehead atoms. The summed E-state index contributed by atoms with van der Waals surface area (Å²) in [6.07, 6.45) is -0.614. The van der Waals surface area contributed by atoms with Crippen LogP contribution in [0, 0.1) is 0 Å². The van der Waals surface area contributed by atoms with E-state index in [1.165, 1.54) is 0 Å². The first-order valence-corrected chi connectivity index (χ1v) is 7.62. The highest BCUT2D eigenvalue weighted by atomic mass is 35.5. The third-order valence-corrected chi connectivity index (χ3v) is 3.50. The van der Waals surface area contributed by atoms with E-state index in [1.807, 2.05) is 36.4 Å². The van der Waals surface area contributed by atoms with E-state index in [-0.39, 0.29) is 11.8 Å². The molecule has 22 heavy (non-hydrogen) atoms. The number of carbonyl (C=O) groups is 1. The van der Waals surface area contributed by atoms with Crippen molar-refractivity contribution >= 4 is 23.2 Å². The molecule has 0 aliphatic rings.